The molecule has 2 N–H and O–H groups in total. The van der Waals surface area contributed by atoms with Crippen molar-refractivity contribution in [2.45, 2.75) is 31.8 Å². The van der Waals surface area contributed by atoms with Crippen LogP contribution in [0.4, 0.5) is 4.39 Å². The first-order valence-corrected chi connectivity index (χ1v) is 5.08. The van der Waals surface area contributed by atoms with Gasteiger partial charge in [0.1, 0.15) is 12.0 Å². The predicted molar refractivity (Wildman–Crippen MR) is 58.7 cm³/mol. The average Bonchev–Trinajstić information content (AvgIpc) is 2.56. The van der Waals surface area contributed by atoms with Gasteiger partial charge < -0.3 is 15.4 Å². The number of carbonyl (C=O) groups excluding carboxylic acids is 1. The molecule has 5 nitrogen and oxygen atoms in total. The SMILES string of the molecule is CNC(/C=C\NC=O)=N/C1OC(C)CC1F. The van der Waals surface area contributed by atoms with Crippen LogP contribution in [0.3, 0.4) is 0 Å². The highest BCUT2D eigenvalue weighted by Crippen LogP contribution is 2.23. The van der Waals surface area contributed by atoms with Gasteiger partial charge in [-0.15, -0.1) is 0 Å². The highest BCUT2D eigenvalue weighted by atomic mass is 19.1. The summed E-state index contributed by atoms with van der Waals surface area (Å²) in [7, 11) is 1.66. The fraction of sp³-hybridized carbons (Fsp3) is 0.600. The van der Waals surface area contributed by atoms with E-state index < -0.39 is 12.4 Å². The zero-order valence-corrected chi connectivity index (χ0v) is 9.31. The molecular formula is C10H16FN3O2. The summed E-state index contributed by atoms with van der Waals surface area (Å²) in [5.41, 5.74) is 0. The van der Waals surface area contributed by atoms with Crippen molar-refractivity contribution < 1.29 is 13.9 Å². The Kier molecular flexibility index (Phi) is 4.91. The number of likely N-dealkylation sites (N-methyl/N-ethyl adjacent to an activating group) is 1. The van der Waals surface area contributed by atoms with Crippen molar-refractivity contribution in [1.29, 1.82) is 0 Å². The second-order valence-electron chi connectivity index (χ2n) is 3.47. The van der Waals surface area contributed by atoms with Crippen LogP contribution >= 0.6 is 0 Å². The molecule has 90 valence electrons. The van der Waals surface area contributed by atoms with Crippen LogP contribution in [0, 0.1) is 0 Å². The summed E-state index contributed by atoms with van der Waals surface area (Å²) in [6.45, 7) is 1.81. The van der Waals surface area contributed by atoms with E-state index in [0.717, 1.165) is 0 Å². The lowest BCUT2D eigenvalue weighted by Crippen LogP contribution is -2.23. The molecule has 0 aromatic carbocycles. The van der Waals surface area contributed by atoms with Crippen molar-refractivity contribution in [2.24, 2.45) is 4.99 Å². The Labute approximate surface area is 93.8 Å². The first-order chi connectivity index (χ1) is 7.67. The number of amidine groups is 1. The molecule has 1 aliphatic heterocycles. The maximum atomic E-state index is 13.4. The third kappa shape index (κ3) is 3.62. The van der Waals surface area contributed by atoms with E-state index in [-0.39, 0.29) is 6.10 Å². The van der Waals surface area contributed by atoms with Gasteiger partial charge in [-0.3, -0.25) is 4.79 Å². The monoisotopic (exact) mass is 229 g/mol. The molecule has 0 bridgehead atoms. The second-order valence-corrected chi connectivity index (χ2v) is 3.47. The predicted octanol–water partition coefficient (Wildman–Crippen LogP) is 0.337. The summed E-state index contributed by atoms with van der Waals surface area (Å²) < 4.78 is 18.7. The van der Waals surface area contributed by atoms with E-state index >= 15 is 0 Å². The van der Waals surface area contributed by atoms with E-state index in [9.17, 15) is 9.18 Å². The molecule has 16 heavy (non-hydrogen) atoms. The second kappa shape index (κ2) is 6.22. The lowest BCUT2D eigenvalue weighted by molar-refractivity contribution is -0.108. The van der Waals surface area contributed by atoms with Gasteiger partial charge >= 0.3 is 0 Å². The van der Waals surface area contributed by atoms with Gasteiger partial charge in [0.15, 0.2) is 6.23 Å². The van der Waals surface area contributed by atoms with Crippen molar-refractivity contribution in [3.63, 3.8) is 0 Å². The van der Waals surface area contributed by atoms with Crippen LogP contribution in [0.15, 0.2) is 17.3 Å². The van der Waals surface area contributed by atoms with Crippen LogP contribution in [0.1, 0.15) is 13.3 Å². The minimum atomic E-state index is -1.08. The first-order valence-electron chi connectivity index (χ1n) is 5.08. The summed E-state index contributed by atoms with van der Waals surface area (Å²) >= 11 is 0. The number of rotatable bonds is 4. The largest absolute Gasteiger partial charge is 0.373 e. The van der Waals surface area contributed by atoms with Crippen LogP contribution in [-0.2, 0) is 9.53 Å². The minimum Gasteiger partial charge on any atom is -0.373 e. The van der Waals surface area contributed by atoms with Crippen LogP contribution in [0.2, 0.25) is 0 Å². The number of carbonyl (C=O) groups is 1. The van der Waals surface area contributed by atoms with Crippen LogP contribution in [0.5, 0.6) is 0 Å². The Morgan fingerprint density at radius 2 is 2.38 bits per heavy atom. The van der Waals surface area contributed by atoms with Gasteiger partial charge in [-0.1, -0.05) is 0 Å². The lowest BCUT2D eigenvalue weighted by atomic mass is 10.2. The van der Waals surface area contributed by atoms with E-state index in [1.54, 1.807) is 7.05 Å². The Morgan fingerprint density at radius 3 is 2.88 bits per heavy atom. The number of halogens is 1. The van der Waals surface area contributed by atoms with Crippen molar-refractivity contribution in [3.8, 4) is 0 Å². The number of nitrogens with one attached hydrogen (secondary N) is 2. The van der Waals surface area contributed by atoms with Crippen LogP contribution in [-0.4, -0.2) is 37.8 Å². The molecule has 1 rings (SSSR count). The molecule has 1 heterocycles. The molecule has 1 amide bonds. The summed E-state index contributed by atoms with van der Waals surface area (Å²) in [6, 6.07) is 0. The summed E-state index contributed by atoms with van der Waals surface area (Å²) in [5.74, 6) is 0.455. The van der Waals surface area contributed by atoms with E-state index in [2.05, 4.69) is 15.6 Å². The highest BCUT2D eigenvalue weighted by molar-refractivity contribution is 5.92. The molecule has 0 spiro atoms. The van der Waals surface area contributed by atoms with E-state index in [1.165, 1.54) is 12.3 Å². The fourth-order valence-electron chi connectivity index (χ4n) is 1.42. The van der Waals surface area contributed by atoms with Crippen molar-refractivity contribution in [3.05, 3.63) is 12.3 Å². The third-order valence-electron chi connectivity index (χ3n) is 2.17. The Balaban J connectivity index is 2.60. The maximum Gasteiger partial charge on any atom is 0.211 e. The quantitative estimate of drug-likeness (QED) is 0.415. The molecule has 3 unspecified atom stereocenters. The topological polar surface area (TPSA) is 62.7 Å². The van der Waals surface area contributed by atoms with E-state index in [4.69, 9.17) is 4.74 Å². The highest BCUT2D eigenvalue weighted by Gasteiger charge is 2.32. The number of amides is 1. The molecule has 6 heteroatoms. The summed E-state index contributed by atoms with van der Waals surface area (Å²) in [5, 5.41) is 5.13. The summed E-state index contributed by atoms with van der Waals surface area (Å²) in [4.78, 5) is 14.1. The Hall–Kier alpha value is -1.43. The number of alkyl halides is 1. The van der Waals surface area contributed by atoms with Crippen molar-refractivity contribution >= 4 is 12.2 Å². The van der Waals surface area contributed by atoms with E-state index in [0.29, 0.717) is 18.7 Å². The van der Waals surface area contributed by atoms with E-state index in [1.807, 2.05) is 6.92 Å². The smallest absolute Gasteiger partial charge is 0.211 e. The number of ether oxygens (including phenoxy) is 1. The normalized spacial score (nSPS) is 30.7. The summed E-state index contributed by atoms with van der Waals surface area (Å²) in [6.07, 6.45) is 1.89. The van der Waals surface area contributed by atoms with Crippen LogP contribution in [0.25, 0.3) is 0 Å². The van der Waals surface area contributed by atoms with Crippen molar-refractivity contribution in [1.82, 2.24) is 10.6 Å². The molecule has 1 saturated heterocycles. The zero-order valence-electron chi connectivity index (χ0n) is 9.31. The molecule has 0 saturated carbocycles. The molecular weight excluding hydrogens is 213 g/mol. The molecule has 0 radical (unpaired) electrons. The van der Waals surface area contributed by atoms with Crippen LogP contribution < -0.4 is 10.6 Å². The third-order valence-corrected chi connectivity index (χ3v) is 2.17. The van der Waals surface area contributed by atoms with Gasteiger partial charge in [-0.2, -0.15) is 0 Å². The zero-order chi connectivity index (χ0) is 12.0. The molecule has 0 aromatic heterocycles. The number of nitrogens with zero attached hydrogens (tertiary/aromatic N) is 1. The van der Waals surface area contributed by atoms with Gasteiger partial charge in [0, 0.05) is 19.7 Å². The number of hydrogen-bond acceptors (Lipinski definition) is 3. The van der Waals surface area contributed by atoms with Gasteiger partial charge in [0.2, 0.25) is 6.41 Å². The lowest BCUT2D eigenvalue weighted by Gasteiger charge is -2.09. The Bertz CT molecular complexity index is 294. The minimum absolute atomic E-state index is 0.112. The number of aliphatic imine (C=N–C) groups is 1. The standard InChI is InChI=1S/C10H16FN3O2/c1-7-5-8(11)10(16-7)14-9(12-2)3-4-13-6-15/h3-4,6-8,10H,5H2,1-2H3,(H,12,14)(H,13,15)/b4-3-. The molecule has 1 aliphatic rings. The maximum absolute atomic E-state index is 13.4. The van der Waals surface area contributed by atoms with Gasteiger partial charge in [0.25, 0.3) is 0 Å². The molecule has 1 fully saturated rings. The van der Waals surface area contributed by atoms with Gasteiger partial charge in [0.05, 0.1) is 6.10 Å². The average molecular weight is 229 g/mol. The molecule has 3 atom stereocenters. The first kappa shape index (κ1) is 12.6. The van der Waals surface area contributed by atoms with Gasteiger partial charge in [-0.05, 0) is 13.0 Å². The van der Waals surface area contributed by atoms with Gasteiger partial charge in [-0.25, -0.2) is 9.38 Å². The Morgan fingerprint density at radius 1 is 1.62 bits per heavy atom. The molecule has 0 aliphatic carbocycles. The fourth-order valence-corrected chi connectivity index (χ4v) is 1.42. The molecule has 0 aromatic rings. The number of hydrogen-bond donors (Lipinski definition) is 2. The van der Waals surface area contributed by atoms with Crippen molar-refractivity contribution in [2.75, 3.05) is 7.05 Å².